The summed E-state index contributed by atoms with van der Waals surface area (Å²) in [6, 6.07) is 0. The first-order chi connectivity index (χ1) is 28.6. The van der Waals surface area contributed by atoms with Crippen LogP contribution in [-0.4, -0.2) is 32.9 Å². The average Bonchev–Trinajstić information content (AvgIpc) is 3.21. The molecule has 0 saturated heterocycles. The maximum atomic E-state index is 12.5. The lowest BCUT2D eigenvalue weighted by molar-refractivity contribution is -0.144. The molecule has 0 radical (unpaired) electrons. The van der Waals surface area contributed by atoms with Gasteiger partial charge in [0.1, 0.15) is 0 Å². The minimum absolute atomic E-state index is 0.0141. The molecule has 0 aromatic rings. The second kappa shape index (κ2) is 61.0. The van der Waals surface area contributed by atoms with Gasteiger partial charge in [-0.05, 0) is 75.5 Å². The van der Waals surface area contributed by atoms with Crippen molar-refractivity contribution in [1.29, 1.82) is 0 Å². The SMILES string of the molecule is C=C(CCCC(CC)C(CC)CCCC(=O)OCCC(CCCCC)CCCCC)OCCC(CCCCC)CCCCC.C=CC.CCC.CCC.CCCCOC. The number of methoxy groups -OCH3 is 1. The van der Waals surface area contributed by atoms with Crippen LogP contribution in [0.1, 0.15) is 276 Å². The van der Waals surface area contributed by atoms with Crippen LogP contribution in [0.15, 0.2) is 25.0 Å². The molecule has 0 aliphatic rings. The van der Waals surface area contributed by atoms with Gasteiger partial charge in [0.2, 0.25) is 0 Å². The van der Waals surface area contributed by atoms with Crippen LogP contribution >= 0.6 is 0 Å². The van der Waals surface area contributed by atoms with Gasteiger partial charge in [0.15, 0.2) is 0 Å². The van der Waals surface area contributed by atoms with E-state index >= 15 is 0 Å². The molecule has 0 aliphatic carbocycles. The first kappa shape index (κ1) is 66.8. The molecule has 0 amide bonds. The van der Waals surface area contributed by atoms with Crippen molar-refractivity contribution in [2.45, 2.75) is 276 Å². The fourth-order valence-corrected chi connectivity index (χ4v) is 7.36. The molecule has 4 nitrogen and oxygen atoms in total. The van der Waals surface area contributed by atoms with Gasteiger partial charge in [-0.2, -0.15) is 0 Å². The number of unbranched alkanes of at least 4 members (excludes halogenated alkanes) is 9. The van der Waals surface area contributed by atoms with Crippen LogP contribution in [0.5, 0.6) is 0 Å². The molecule has 0 heterocycles. The zero-order valence-corrected chi connectivity index (χ0v) is 43.3. The normalized spacial score (nSPS) is 11.4. The van der Waals surface area contributed by atoms with Crippen LogP contribution in [0.4, 0.5) is 0 Å². The van der Waals surface area contributed by atoms with Gasteiger partial charge < -0.3 is 14.2 Å². The highest BCUT2D eigenvalue weighted by molar-refractivity contribution is 5.69. The Hall–Kier alpha value is -1.29. The maximum absolute atomic E-state index is 12.5. The number of rotatable bonds is 37. The monoisotopic (exact) mass is 839 g/mol. The molecule has 4 heteroatoms. The van der Waals surface area contributed by atoms with E-state index in [2.05, 4.69) is 89.3 Å². The number of allylic oxidation sites excluding steroid dienone is 2. The third-order valence-corrected chi connectivity index (χ3v) is 10.9. The largest absolute Gasteiger partial charge is 0.499 e. The highest BCUT2D eigenvalue weighted by atomic mass is 16.5. The Kier molecular flexibility index (Phi) is 69.1. The van der Waals surface area contributed by atoms with Crippen molar-refractivity contribution in [3.05, 3.63) is 25.0 Å². The van der Waals surface area contributed by atoms with Crippen LogP contribution in [0, 0.1) is 23.7 Å². The van der Waals surface area contributed by atoms with Crippen molar-refractivity contribution in [3.63, 3.8) is 0 Å². The average molecular weight is 840 g/mol. The molecule has 0 N–H and O–H groups in total. The van der Waals surface area contributed by atoms with E-state index in [4.69, 9.17) is 14.2 Å². The Morgan fingerprint density at radius 3 is 1.12 bits per heavy atom. The van der Waals surface area contributed by atoms with Crippen molar-refractivity contribution < 1.29 is 19.0 Å². The molecule has 0 spiro atoms. The minimum Gasteiger partial charge on any atom is -0.499 e. The highest BCUT2D eigenvalue weighted by Crippen LogP contribution is 2.30. The summed E-state index contributed by atoms with van der Waals surface area (Å²) in [5, 5.41) is 0. The van der Waals surface area contributed by atoms with Gasteiger partial charge in [-0.25, -0.2) is 0 Å². The minimum atomic E-state index is 0.0141. The van der Waals surface area contributed by atoms with Crippen molar-refractivity contribution in [1.82, 2.24) is 0 Å². The van der Waals surface area contributed by atoms with Crippen LogP contribution in [-0.2, 0) is 19.0 Å². The van der Waals surface area contributed by atoms with E-state index in [9.17, 15) is 4.79 Å². The fourth-order valence-electron chi connectivity index (χ4n) is 7.36. The summed E-state index contributed by atoms with van der Waals surface area (Å²) in [4.78, 5) is 12.5. The van der Waals surface area contributed by atoms with Crippen molar-refractivity contribution in [3.8, 4) is 0 Å². The Labute approximate surface area is 375 Å². The van der Waals surface area contributed by atoms with Crippen LogP contribution in [0.3, 0.4) is 0 Å². The van der Waals surface area contributed by atoms with Crippen molar-refractivity contribution in [2.75, 3.05) is 26.9 Å². The second-order valence-electron chi connectivity index (χ2n) is 17.2. The smallest absolute Gasteiger partial charge is 0.305 e. The summed E-state index contributed by atoms with van der Waals surface area (Å²) in [5.41, 5.74) is 0. The van der Waals surface area contributed by atoms with E-state index < -0.39 is 0 Å². The molecule has 2 atom stereocenters. The molecular weight excluding hydrogens is 725 g/mol. The fraction of sp³-hybridized carbons (Fsp3) is 0.909. The van der Waals surface area contributed by atoms with E-state index in [0.717, 1.165) is 68.8 Å². The van der Waals surface area contributed by atoms with Gasteiger partial charge in [-0.1, -0.05) is 224 Å². The lowest BCUT2D eigenvalue weighted by Gasteiger charge is -2.25. The van der Waals surface area contributed by atoms with E-state index in [1.165, 1.54) is 154 Å². The zero-order chi connectivity index (χ0) is 45.6. The van der Waals surface area contributed by atoms with Crippen molar-refractivity contribution in [2.24, 2.45) is 23.7 Å². The Morgan fingerprint density at radius 1 is 0.475 bits per heavy atom. The van der Waals surface area contributed by atoms with Crippen LogP contribution in [0.2, 0.25) is 0 Å². The van der Waals surface area contributed by atoms with Gasteiger partial charge in [0.25, 0.3) is 0 Å². The number of hydrogen-bond acceptors (Lipinski definition) is 4. The van der Waals surface area contributed by atoms with Gasteiger partial charge in [0.05, 0.1) is 19.0 Å². The van der Waals surface area contributed by atoms with E-state index in [-0.39, 0.29) is 5.97 Å². The predicted octanol–water partition coefficient (Wildman–Crippen LogP) is 19.2. The molecule has 0 rings (SSSR count). The summed E-state index contributed by atoms with van der Waals surface area (Å²) in [5.74, 6) is 3.94. The maximum Gasteiger partial charge on any atom is 0.305 e. The number of esters is 1. The summed E-state index contributed by atoms with van der Waals surface area (Å²) in [7, 11) is 1.73. The van der Waals surface area contributed by atoms with Crippen LogP contribution in [0.25, 0.3) is 0 Å². The van der Waals surface area contributed by atoms with Gasteiger partial charge in [0, 0.05) is 26.6 Å². The standard InChI is InChI=1S/C41H80O3.C5H12O.2C3H8.C3H6/c1-8-14-18-25-37(26-19-15-9-2)32-34-43-36(7)24-22-29-39(12-5)40(13-6)30-23-31-41(42)44-35-33-38(27-20-16-10-3)28-21-17-11-4;1-3-4-5-6-2;3*1-3-2/h37-40H,7-35H2,1-6H3;3-5H2,1-2H3;2*3H2,1-2H3;3H,1H2,2H3. The summed E-state index contributed by atoms with van der Waals surface area (Å²) in [6.45, 7) is 36.3. The molecular formula is C55H114O4. The lowest BCUT2D eigenvalue weighted by atomic mass is 9.81. The molecule has 358 valence electrons. The zero-order valence-electron chi connectivity index (χ0n) is 43.3. The molecule has 2 unspecified atom stereocenters. The lowest BCUT2D eigenvalue weighted by Crippen LogP contribution is -2.15. The highest BCUT2D eigenvalue weighted by Gasteiger charge is 2.19. The Bertz CT molecular complexity index is 684. The second-order valence-corrected chi connectivity index (χ2v) is 17.2. The summed E-state index contributed by atoms with van der Waals surface area (Å²) >= 11 is 0. The third kappa shape index (κ3) is 58.8. The quantitative estimate of drug-likeness (QED) is 0.0271. The van der Waals surface area contributed by atoms with Gasteiger partial charge >= 0.3 is 5.97 Å². The van der Waals surface area contributed by atoms with E-state index in [0.29, 0.717) is 18.9 Å². The Balaban J connectivity index is -0.000000552. The predicted molar refractivity (Wildman–Crippen MR) is 269 cm³/mol. The van der Waals surface area contributed by atoms with E-state index in [1.807, 2.05) is 6.92 Å². The van der Waals surface area contributed by atoms with Gasteiger partial charge in [-0.15, -0.1) is 6.58 Å². The summed E-state index contributed by atoms with van der Waals surface area (Å²) in [6.07, 6.45) is 38.5. The number of ether oxygens (including phenoxy) is 3. The molecule has 59 heavy (non-hydrogen) atoms. The number of hydrogen-bond donors (Lipinski definition) is 0. The van der Waals surface area contributed by atoms with Gasteiger partial charge in [-0.3, -0.25) is 4.79 Å². The number of carbonyl (C=O) groups excluding carboxylic acids is 1. The third-order valence-electron chi connectivity index (χ3n) is 10.9. The first-order valence-electron chi connectivity index (χ1n) is 26.1. The summed E-state index contributed by atoms with van der Waals surface area (Å²) < 4.78 is 16.6. The van der Waals surface area contributed by atoms with Crippen LogP contribution < -0.4 is 0 Å². The molecule has 0 aliphatic heterocycles. The molecule has 0 saturated carbocycles. The Morgan fingerprint density at radius 2 is 0.814 bits per heavy atom. The van der Waals surface area contributed by atoms with Crippen molar-refractivity contribution >= 4 is 5.97 Å². The molecule has 0 aromatic carbocycles. The molecule has 0 bridgehead atoms. The topological polar surface area (TPSA) is 44.8 Å². The molecule has 0 aromatic heterocycles. The molecule has 0 fully saturated rings. The van der Waals surface area contributed by atoms with E-state index in [1.54, 1.807) is 13.2 Å². The number of carbonyl (C=O) groups is 1. The first-order valence-corrected chi connectivity index (χ1v) is 26.1.